The van der Waals surface area contributed by atoms with Gasteiger partial charge in [0.25, 0.3) is 5.91 Å². The van der Waals surface area contributed by atoms with Crippen LogP contribution in [0.25, 0.3) is 16.2 Å². The number of allylic oxidation sites excluding steroid dienone is 1. The van der Waals surface area contributed by atoms with Gasteiger partial charge in [0.15, 0.2) is 0 Å². The van der Waals surface area contributed by atoms with E-state index in [2.05, 4.69) is 41.3 Å². The summed E-state index contributed by atoms with van der Waals surface area (Å²) in [6.07, 6.45) is 10.3. The number of hydrazone groups is 1. The molecule has 2 aromatic rings. The number of fused-ring (bicyclic) bond motifs is 2. The molecule has 0 bridgehead atoms. The highest BCUT2D eigenvalue weighted by Crippen LogP contribution is 2.44. The van der Waals surface area contributed by atoms with Crippen LogP contribution in [0.15, 0.2) is 47.7 Å². The van der Waals surface area contributed by atoms with Crippen molar-refractivity contribution < 1.29 is 4.79 Å². The van der Waals surface area contributed by atoms with Gasteiger partial charge in [0.2, 0.25) is 0 Å². The molecule has 1 aromatic heterocycles. The summed E-state index contributed by atoms with van der Waals surface area (Å²) in [5.74, 6) is 0.481. The van der Waals surface area contributed by atoms with Crippen molar-refractivity contribution in [1.82, 2.24) is 19.7 Å². The van der Waals surface area contributed by atoms with E-state index >= 15 is 0 Å². The Morgan fingerprint density at radius 3 is 2.82 bits per heavy atom. The molecule has 5 rings (SSSR count). The van der Waals surface area contributed by atoms with E-state index in [0.29, 0.717) is 14.5 Å². The van der Waals surface area contributed by atoms with Crippen LogP contribution in [0.2, 0.25) is 0 Å². The number of likely N-dealkylation sites (tertiary alicyclic amines) is 1. The predicted molar refractivity (Wildman–Crippen MR) is 114 cm³/mol. The van der Waals surface area contributed by atoms with Crippen molar-refractivity contribution >= 4 is 36.4 Å². The summed E-state index contributed by atoms with van der Waals surface area (Å²) in [5.41, 5.74) is 3.14. The Hall–Kier alpha value is -2.30. The van der Waals surface area contributed by atoms with E-state index < -0.39 is 0 Å². The Kier molecular flexibility index (Phi) is 4.41. The van der Waals surface area contributed by atoms with Gasteiger partial charge in [-0.3, -0.25) is 9.48 Å². The summed E-state index contributed by atoms with van der Waals surface area (Å²) in [7, 11) is 4.58. The summed E-state index contributed by atoms with van der Waals surface area (Å²) in [6, 6.07) is 6.22. The minimum atomic E-state index is -0.0141. The molecule has 1 amide bonds. The van der Waals surface area contributed by atoms with Crippen molar-refractivity contribution in [2.45, 2.75) is 18.6 Å². The summed E-state index contributed by atoms with van der Waals surface area (Å²) in [6.45, 7) is 2.19. The molecule has 0 N–H and O–H groups in total. The molecule has 7 heteroatoms. The van der Waals surface area contributed by atoms with Crippen LogP contribution >= 0.6 is 8.58 Å². The summed E-state index contributed by atoms with van der Waals surface area (Å²) < 4.78 is 1.82. The molecular formula is C21H24N5OP. The van der Waals surface area contributed by atoms with Crippen molar-refractivity contribution in [3.05, 3.63) is 48.2 Å². The zero-order chi connectivity index (χ0) is 19.3. The number of aryl methyl sites for hydroxylation is 1. The molecule has 0 spiro atoms. The van der Waals surface area contributed by atoms with Crippen LogP contribution < -0.4 is 0 Å². The highest BCUT2D eigenvalue weighted by molar-refractivity contribution is 7.51. The van der Waals surface area contributed by atoms with Crippen molar-refractivity contribution in [3.8, 4) is 0 Å². The number of hydrogen-bond acceptors (Lipinski definition) is 4. The average molecular weight is 393 g/mol. The Bertz CT molecular complexity index is 1030. The van der Waals surface area contributed by atoms with Crippen molar-refractivity contribution in [3.63, 3.8) is 0 Å². The van der Waals surface area contributed by atoms with E-state index in [1.54, 1.807) is 11.1 Å². The second kappa shape index (κ2) is 6.94. The van der Waals surface area contributed by atoms with Crippen LogP contribution in [0.4, 0.5) is 0 Å². The first-order valence-electron chi connectivity index (χ1n) is 9.77. The number of amides is 1. The molecule has 0 aliphatic carbocycles. The molecule has 28 heavy (non-hydrogen) atoms. The first kappa shape index (κ1) is 17.8. The lowest BCUT2D eigenvalue weighted by molar-refractivity contribution is -0.126. The van der Waals surface area contributed by atoms with Crippen LogP contribution in [0, 0.1) is 5.92 Å². The van der Waals surface area contributed by atoms with E-state index in [1.807, 2.05) is 24.0 Å². The number of rotatable bonds is 2. The Morgan fingerprint density at radius 2 is 2.00 bits per heavy atom. The number of carbonyl (C=O) groups is 1. The van der Waals surface area contributed by atoms with Gasteiger partial charge in [-0.05, 0) is 62.1 Å². The first-order chi connectivity index (χ1) is 13.6. The smallest absolute Gasteiger partial charge is 0.268 e. The number of carbonyl (C=O) groups excluding carboxylic acids is 1. The third-order valence-corrected chi connectivity index (χ3v) is 7.28. The van der Waals surface area contributed by atoms with Crippen molar-refractivity contribution in [1.29, 1.82) is 0 Å². The van der Waals surface area contributed by atoms with Crippen LogP contribution in [0.3, 0.4) is 0 Å². The molecule has 144 valence electrons. The quantitative estimate of drug-likeness (QED) is 0.737. The first-order valence-corrected chi connectivity index (χ1v) is 10.8. The lowest BCUT2D eigenvalue weighted by Crippen LogP contribution is -2.40. The van der Waals surface area contributed by atoms with Gasteiger partial charge in [-0.2, -0.15) is 10.2 Å². The lowest BCUT2D eigenvalue weighted by atomic mass is 9.91. The van der Waals surface area contributed by atoms with Crippen LogP contribution in [0.1, 0.15) is 18.4 Å². The molecule has 6 nitrogen and oxygen atoms in total. The predicted octanol–water partition coefficient (Wildman–Crippen LogP) is 3.03. The topological polar surface area (TPSA) is 53.7 Å². The lowest BCUT2D eigenvalue weighted by Gasteiger charge is -2.35. The van der Waals surface area contributed by atoms with Gasteiger partial charge in [0.05, 0.1) is 17.0 Å². The molecule has 1 saturated heterocycles. The van der Waals surface area contributed by atoms with Crippen LogP contribution in [-0.2, 0) is 11.8 Å². The van der Waals surface area contributed by atoms with Gasteiger partial charge in [-0.25, -0.2) is 5.01 Å². The van der Waals surface area contributed by atoms with E-state index in [4.69, 9.17) is 5.10 Å². The number of benzene rings is 1. The minimum Gasteiger partial charge on any atom is -0.306 e. The molecule has 1 fully saturated rings. The highest BCUT2D eigenvalue weighted by atomic mass is 31.1. The molecule has 3 aliphatic heterocycles. The molecule has 2 unspecified atom stereocenters. The zero-order valence-corrected chi connectivity index (χ0v) is 17.2. The Labute approximate surface area is 166 Å². The fraction of sp³-hybridized carbons (Fsp3) is 0.381. The monoisotopic (exact) mass is 393 g/mol. The molecule has 0 radical (unpaired) electrons. The molecule has 1 aromatic carbocycles. The van der Waals surface area contributed by atoms with E-state index in [1.165, 1.54) is 0 Å². The molecular weight excluding hydrogens is 369 g/mol. The van der Waals surface area contributed by atoms with Crippen molar-refractivity contribution in [2.75, 3.05) is 20.1 Å². The maximum Gasteiger partial charge on any atom is 0.268 e. The molecule has 0 saturated carbocycles. The van der Waals surface area contributed by atoms with E-state index in [-0.39, 0.29) is 11.7 Å². The SMILES string of the molecule is CN1CCC(C2=NN3C(=O)C=C(c4ccc5nn(C)cc5c4)PC3C=C2)CC1. The normalized spacial score (nSPS) is 24.6. The van der Waals surface area contributed by atoms with Gasteiger partial charge in [-0.1, -0.05) is 20.7 Å². The Balaban J connectivity index is 1.40. The minimum absolute atomic E-state index is 0.0141. The summed E-state index contributed by atoms with van der Waals surface area (Å²) in [5, 5.41) is 13.1. The highest BCUT2D eigenvalue weighted by Gasteiger charge is 2.32. The van der Waals surface area contributed by atoms with Gasteiger partial charge in [0, 0.05) is 30.6 Å². The van der Waals surface area contributed by atoms with E-state index in [9.17, 15) is 4.79 Å². The molecule has 3 aliphatic rings. The van der Waals surface area contributed by atoms with Gasteiger partial charge < -0.3 is 4.90 Å². The standard InChI is InChI=1S/C21H24N5OP/c1-24-9-7-14(8-10-24)17-5-6-21-26(23-17)20(27)12-19(28-21)15-3-4-18-16(11-15)13-25(2)22-18/h3-6,11-14,21,28H,7-10H2,1-2H3. The summed E-state index contributed by atoms with van der Waals surface area (Å²) >= 11 is 0. The van der Waals surface area contributed by atoms with Gasteiger partial charge in [-0.15, -0.1) is 0 Å². The summed E-state index contributed by atoms with van der Waals surface area (Å²) in [4.78, 5) is 15.2. The van der Waals surface area contributed by atoms with Gasteiger partial charge in [0.1, 0.15) is 0 Å². The third kappa shape index (κ3) is 3.21. The zero-order valence-electron chi connectivity index (χ0n) is 16.2. The maximum atomic E-state index is 12.8. The largest absolute Gasteiger partial charge is 0.306 e. The number of nitrogens with zero attached hydrogens (tertiary/aromatic N) is 5. The van der Waals surface area contributed by atoms with E-state index in [0.717, 1.165) is 53.4 Å². The second-order valence-corrected chi connectivity index (χ2v) is 9.29. The molecule has 2 atom stereocenters. The Morgan fingerprint density at radius 1 is 1.18 bits per heavy atom. The average Bonchev–Trinajstić information content (AvgIpc) is 3.07. The van der Waals surface area contributed by atoms with Crippen LogP contribution in [0.5, 0.6) is 0 Å². The third-order valence-electron chi connectivity index (χ3n) is 5.80. The van der Waals surface area contributed by atoms with Crippen LogP contribution in [-0.4, -0.2) is 57.2 Å². The fourth-order valence-electron chi connectivity index (χ4n) is 4.18. The maximum absolute atomic E-state index is 12.8. The van der Waals surface area contributed by atoms with Gasteiger partial charge >= 0.3 is 0 Å². The molecule has 4 heterocycles. The number of hydrogen-bond donors (Lipinski definition) is 0. The number of piperidine rings is 1. The second-order valence-electron chi connectivity index (χ2n) is 7.87. The van der Waals surface area contributed by atoms with Crippen molar-refractivity contribution in [2.24, 2.45) is 18.1 Å². The number of aromatic nitrogens is 2. The fourth-order valence-corrected chi connectivity index (χ4v) is 5.53.